The molecule has 7 heteroatoms. The van der Waals surface area contributed by atoms with Crippen molar-refractivity contribution in [1.82, 2.24) is 9.55 Å². The molecule has 4 rings (SSSR count). The van der Waals surface area contributed by atoms with Gasteiger partial charge in [-0.25, -0.2) is 9.37 Å². The predicted molar refractivity (Wildman–Crippen MR) is 116 cm³/mol. The van der Waals surface area contributed by atoms with Gasteiger partial charge in [-0.3, -0.25) is 9.36 Å². The summed E-state index contributed by atoms with van der Waals surface area (Å²) < 4.78 is 20.1. The summed E-state index contributed by atoms with van der Waals surface area (Å²) in [4.78, 5) is 17.8. The van der Waals surface area contributed by atoms with Crippen molar-refractivity contribution in [3.63, 3.8) is 0 Å². The molecule has 1 N–H and O–H groups in total. The lowest BCUT2D eigenvalue weighted by Crippen LogP contribution is -2.22. The van der Waals surface area contributed by atoms with Crippen LogP contribution in [0, 0.1) is 5.82 Å². The number of phenolic OH excluding ortho intramolecular Hbond substituents is 1. The fourth-order valence-corrected chi connectivity index (χ4v) is 3.29. The normalized spacial score (nSPS) is 11.3. The highest BCUT2D eigenvalue weighted by atomic mass is 35.5. The fourth-order valence-electron chi connectivity index (χ4n) is 3.12. The molecular weight excluding hydrogens is 407 g/mol. The Balaban J connectivity index is 1.90. The number of rotatable bonds is 4. The maximum atomic E-state index is 13.7. The Labute approximate surface area is 176 Å². The second-order valence-corrected chi connectivity index (χ2v) is 6.90. The molecule has 1 heterocycles. The van der Waals surface area contributed by atoms with E-state index in [1.807, 2.05) is 0 Å². The molecule has 0 bridgehead atoms. The second-order valence-electron chi connectivity index (χ2n) is 6.49. The van der Waals surface area contributed by atoms with Crippen LogP contribution in [0.1, 0.15) is 11.4 Å². The molecule has 1 aromatic heterocycles. The standard InChI is InChI=1S/C23H16ClFN2O3/c1-30-21-10-6-14(12-20(21)28)7-11-22-26-19-5-3-2-4-16(19)23(29)27(22)15-8-9-18(25)17(24)13-15/h2-13,28H,1H3. The number of aromatic hydroxyl groups is 1. The molecule has 0 aliphatic carbocycles. The van der Waals surface area contributed by atoms with Crippen molar-refractivity contribution in [2.24, 2.45) is 0 Å². The Morgan fingerprint density at radius 3 is 2.63 bits per heavy atom. The smallest absolute Gasteiger partial charge is 0.266 e. The average Bonchev–Trinajstić information content (AvgIpc) is 2.74. The van der Waals surface area contributed by atoms with Crippen LogP contribution in [0.25, 0.3) is 28.7 Å². The highest BCUT2D eigenvalue weighted by molar-refractivity contribution is 6.30. The first-order chi connectivity index (χ1) is 14.5. The number of nitrogens with zero attached hydrogens (tertiary/aromatic N) is 2. The zero-order valence-electron chi connectivity index (χ0n) is 15.8. The minimum atomic E-state index is -0.576. The third-order valence-corrected chi connectivity index (χ3v) is 4.88. The molecule has 0 amide bonds. The summed E-state index contributed by atoms with van der Waals surface area (Å²) in [5.74, 6) is 0.104. The van der Waals surface area contributed by atoms with E-state index in [1.54, 1.807) is 48.6 Å². The first-order valence-electron chi connectivity index (χ1n) is 9.00. The molecular formula is C23H16ClFN2O3. The SMILES string of the molecule is COc1ccc(C=Cc2nc3ccccc3c(=O)n2-c2ccc(F)c(Cl)c2)cc1O. The van der Waals surface area contributed by atoms with Gasteiger partial charge in [0.05, 0.1) is 28.7 Å². The summed E-state index contributed by atoms with van der Waals surface area (Å²) in [7, 11) is 1.47. The first-order valence-corrected chi connectivity index (χ1v) is 9.38. The van der Waals surface area contributed by atoms with E-state index in [0.717, 1.165) is 0 Å². The van der Waals surface area contributed by atoms with Crippen LogP contribution in [-0.4, -0.2) is 21.8 Å². The van der Waals surface area contributed by atoms with Crippen molar-refractivity contribution in [3.8, 4) is 17.2 Å². The quantitative estimate of drug-likeness (QED) is 0.499. The minimum absolute atomic E-state index is 0.00572. The summed E-state index contributed by atoms with van der Waals surface area (Å²) in [5.41, 5.74) is 1.30. The first kappa shape index (κ1) is 19.7. The number of phenols is 1. The molecule has 0 aliphatic heterocycles. The summed E-state index contributed by atoms with van der Waals surface area (Å²) >= 11 is 5.94. The van der Waals surface area contributed by atoms with Crippen LogP contribution >= 0.6 is 11.6 Å². The Kier molecular flexibility index (Phi) is 5.25. The third kappa shape index (κ3) is 3.65. The highest BCUT2D eigenvalue weighted by Crippen LogP contribution is 2.27. The van der Waals surface area contributed by atoms with Crippen LogP contribution in [0.4, 0.5) is 4.39 Å². The van der Waals surface area contributed by atoms with E-state index in [1.165, 1.54) is 35.9 Å². The lowest BCUT2D eigenvalue weighted by molar-refractivity contribution is 0.373. The number of hydrogen-bond donors (Lipinski definition) is 1. The van der Waals surface area contributed by atoms with Gasteiger partial charge in [-0.05, 0) is 54.1 Å². The number of fused-ring (bicyclic) bond motifs is 1. The second kappa shape index (κ2) is 8.00. The van der Waals surface area contributed by atoms with E-state index in [4.69, 9.17) is 16.3 Å². The van der Waals surface area contributed by atoms with Gasteiger partial charge in [-0.2, -0.15) is 0 Å². The van der Waals surface area contributed by atoms with E-state index in [2.05, 4.69) is 4.98 Å². The molecule has 0 spiro atoms. The number of ether oxygens (including phenoxy) is 1. The molecule has 0 fully saturated rings. The molecule has 0 aliphatic rings. The zero-order valence-corrected chi connectivity index (χ0v) is 16.6. The van der Waals surface area contributed by atoms with Gasteiger partial charge in [-0.15, -0.1) is 0 Å². The van der Waals surface area contributed by atoms with E-state index in [0.29, 0.717) is 33.7 Å². The van der Waals surface area contributed by atoms with E-state index in [9.17, 15) is 14.3 Å². The zero-order chi connectivity index (χ0) is 21.3. The van der Waals surface area contributed by atoms with Crippen LogP contribution in [-0.2, 0) is 0 Å². The summed E-state index contributed by atoms with van der Waals surface area (Å²) in [6, 6.07) is 16.0. The Bertz CT molecular complexity index is 1350. The minimum Gasteiger partial charge on any atom is -0.504 e. The molecule has 0 atom stereocenters. The van der Waals surface area contributed by atoms with Crippen molar-refractivity contribution in [1.29, 1.82) is 0 Å². The summed E-state index contributed by atoms with van der Waals surface area (Å²) in [6.45, 7) is 0. The van der Waals surface area contributed by atoms with Crippen LogP contribution in [0.5, 0.6) is 11.5 Å². The molecule has 0 saturated heterocycles. The molecule has 0 saturated carbocycles. The number of methoxy groups -OCH3 is 1. The summed E-state index contributed by atoms with van der Waals surface area (Å²) in [6.07, 6.45) is 3.35. The van der Waals surface area contributed by atoms with Crippen LogP contribution in [0.15, 0.2) is 65.5 Å². The van der Waals surface area contributed by atoms with Gasteiger partial charge in [0.2, 0.25) is 0 Å². The molecule has 3 aromatic carbocycles. The number of para-hydroxylation sites is 1. The van der Waals surface area contributed by atoms with Gasteiger partial charge in [0.1, 0.15) is 11.6 Å². The predicted octanol–water partition coefficient (Wildman–Crippen LogP) is 5.06. The number of hydrogen-bond acceptors (Lipinski definition) is 4. The fraction of sp³-hybridized carbons (Fsp3) is 0.0435. The van der Waals surface area contributed by atoms with Crippen LogP contribution < -0.4 is 10.3 Å². The number of benzene rings is 3. The maximum absolute atomic E-state index is 13.7. The molecule has 0 radical (unpaired) electrons. The van der Waals surface area contributed by atoms with E-state index in [-0.39, 0.29) is 16.3 Å². The van der Waals surface area contributed by atoms with Crippen molar-refractivity contribution in [2.45, 2.75) is 0 Å². The van der Waals surface area contributed by atoms with E-state index < -0.39 is 5.82 Å². The van der Waals surface area contributed by atoms with Gasteiger partial charge < -0.3 is 9.84 Å². The average molecular weight is 423 g/mol. The van der Waals surface area contributed by atoms with Gasteiger partial charge in [0.15, 0.2) is 11.5 Å². The van der Waals surface area contributed by atoms with Crippen LogP contribution in [0.2, 0.25) is 5.02 Å². The molecule has 4 aromatic rings. The molecule has 5 nitrogen and oxygen atoms in total. The van der Waals surface area contributed by atoms with E-state index >= 15 is 0 Å². The van der Waals surface area contributed by atoms with Crippen molar-refractivity contribution in [3.05, 3.63) is 93.2 Å². The van der Waals surface area contributed by atoms with Gasteiger partial charge >= 0.3 is 0 Å². The van der Waals surface area contributed by atoms with Gasteiger partial charge in [0.25, 0.3) is 5.56 Å². The maximum Gasteiger partial charge on any atom is 0.266 e. The molecule has 150 valence electrons. The molecule has 30 heavy (non-hydrogen) atoms. The topological polar surface area (TPSA) is 64.3 Å². The van der Waals surface area contributed by atoms with Gasteiger partial charge in [0, 0.05) is 0 Å². The summed E-state index contributed by atoms with van der Waals surface area (Å²) in [5, 5.41) is 10.3. The third-order valence-electron chi connectivity index (χ3n) is 4.59. The number of halogens is 2. The largest absolute Gasteiger partial charge is 0.504 e. The van der Waals surface area contributed by atoms with Crippen LogP contribution in [0.3, 0.4) is 0 Å². The lowest BCUT2D eigenvalue weighted by atomic mass is 10.1. The van der Waals surface area contributed by atoms with Crippen molar-refractivity contribution >= 4 is 34.7 Å². The van der Waals surface area contributed by atoms with Crippen molar-refractivity contribution < 1.29 is 14.2 Å². The Morgan fingerprint density at radius 2 is 1.90 bits per heavy atom. The molecule has 0 unspecified atom stereocenters. The lowest BCUT2D eigenvalue weighted by Gasteiger charge is -2.12. The Hall–Kier alpha value is -3.64. The monoisotopic (exact) mass is 422 g/mol. The highest BCUT2D eigenvalue weighted by Gasteiger charge is 2.12. The Morgan fingerprint density at radius 1 is 1.10 bits per heavy atom. The van der Waals surface area contributed by atoms with Gasteiger partial charge in [-0.1, -0.05) is 35.9 Å². The van der Waals surface area contributed by atoms with Crippen molar-refractivity contribution in [2.75, 3.05) is 7.11 Å². The number of aromatic nitrogens is 2.